The lowest BCUT2D eigenvalue weighted by Crippen LogP contribution is -2.69. The number of phenols is 1. The standard InChI is InChI=1S/C37H49N5O7S/c1-49-36(48)32-26-15-24-14-25(16-26)20-37(32,19-24)42-35(47)30(18-22-6-4-3-5-7-22)40-31(44)21-39-34(46)29(12-13-50-2)41-33(45)28(38)17-23-8-10-27(43)11-9-23/h3-11,24-26,28-30,32,43H,12-21,38H2,1-2H3,(H,39,46)(H,40,44)(H,41,45)(H,42,47)/t24?,25?,26?,28-,29+,30-,32?,37?/m0/s1. The van der Waals surface area contributed by atoms with Crippen LogP contribution in [0.2, 0.25) is 0 Å². The Bertz CT molecular complexity index is 1510. The molecule has 6 rings (SSSR count). The number of methoxy groups -OCH3 is 1. The van der Waals surface area contributed by atoms with Crippen molar-refractivity contribution in [2.24, 2.45) is 29.4 Å². The van der Waals surface area contributed by atoms with Crippen LogP contribution in [0.5, 0.6) is 5.75 Å². The van der Waals surface area contributed by atoms with Gasteiger partial charge in [0.1, 0.15) is 17.8 Å². The largest absolute Gasteiger partial charge is 0.508 e. The van der Waals surface area contributed by atoms with Crippen molar-refractivity contribution in [3.05, 3.63) is 65.7 Å². The van der Waals surface area contributed by atoms with E-state index in [1.807, 2.05) is 36.6 Å². The van der Waals surface area contributed by atoms with Gasteiger partial charge in [-0.15, -0.1) is 0 Å². The fourth-order valence-corrected chi connectivity index (χ4v) is 8.93. The third-order valence-electron chi connectivity index (χ3n) is 10.5. The Morgan fingerprint density at radius 3 is 2.18 bits per heavy atom. The second-order valence-electron chi connectivity index (χ2n) is 14.1. The summed E-state index contributed by atoms with van der Waals surface area (Å²) in [5, 5.41) is 20.9. The number of carbonyl (C=O) groups is 5. The summed E-state index contributed by atoms with van der Waals surface area (Å²) in [6.07, 6.45) is 7.06. The van der Waals surface area contributed by atoms with Gasteiger partial charge in [0.15, 0.2) is 0 Å². The Balaban J connectivity index is 1.22. The number of esters is 1. The number of aromatic hydroxyl groups is 1. The fourth-order valence-electron chi connectivity index (χ4n) is 8.45. The first-order chi connectivity index (χ1) is 24.0. The molecule has 0 spiro atoms. The van der Waals surface area contributed by atoms with Crippen molar-refractivity contribution in [3.63, 3.8) is 0 Å². The zero-order chi connectivity index (χ0) is 35.8. The summed E-state index contributed by atoms with van der Waals surface area (Å²) in [5.41, 5.74) is 7.01. The van der Waals surface area contributed by atoms with Crippen LogP contribution in [0.15, 0.2) is 54.6 Å². The van der Waals surface area contributed by atoms with Crippen molar-refractivity contribution >= 4 is 41.4 Å². The number of carbonyl (C=O) groups excluding carboxylic acids is 5. The molecule has 7 N–H and O–H groups in total. The third kappa shape index (κ3) is 9.16. The smallest absolute Gasteiger partial charge is 0.311 e. The molecule has 13 heteroatoms. The van der Waals surface area contributed by atoms with Gasteiger partial charge in [-0.1, -0.05) is 42.5 Å². The van der Waals surface area contributed by atoms with E-state index in [0.29, 0.717) is 36.9 Å². The Morgan fingerprint density at radius 2 is 1.54 bits per heavy atom. The van der Waals surface area contributed by atoms with Crippen molar-refractivity contribution in [2.45, 2.75) is 75.0 Å². The molecule has 4 saturated carbocycles. The van der Waals surface area contributed by atoms with Crippen LogP contribution in [0.1, 0.15) is 49.7 Å². The molecule has 4 bridgehead atoms. The van der Waals surface area contributed by atoms with Crippen molar-refractivity contribution in [1.29, 1.82) is 0 Å². The van der Waals surface area contributed by atoms with Gasteiger partial charge >= 0.3 is 5.97 Å². The summed E-state index contributed by atoms with van der Waals surface area (Å²) in [4.78, 5) is 66.7. The molecule has 0 heterocycles. The van der Waals surface area contributed by atoms with Gasteiger partial charge in [0.25, 0.3) is 0 Å². The quantitative estimate of drug-likeness (QED) is 0.142. The molecule has 4 amide bonds. The molecule has 4 aliphatic rings. The predicted molar refractivity (Wildman–Crippen MR) is 190 cm³/mol. The average Bonchev–Trinajstić information content (AvgIpc) is 3.09. The molecule has 0 aliphatic heterocycles. The Kier molecular flexibility index (Phi) is 12.4. The van der Waals surface area contributed by atoms with Gasteiger partial charge in [-0.3, -0.25) is 24.0 Å². The van der Waals surface area contributed by atoms with E-state index in [1.54, 1.807) is 12.1 Å². The molecule has 6 atom stereocenters. The van der Waals surface area contributed by atoms with Gasteiger partial charge in [0, 0.05) is 6.42 Å². The number of hydrogen-bond donors (Lipinski definition) is 6. The number of phenolic OH excluding ortho intramolecular Hbond substituents is 1. The average molecular weight is 708 g/mol. The van der Waals surface area contributed by atoms with Crippen LogP contribution in [0.4, 0.5) is 0 Å². The van der Waals surface area contributed by atoms with Gasteiger partial charge in [0.05, 0.1) is 31.2 Å². The molecule has 270 valence electrons. The number of nitrogens with one attached hydrogen (secondary N) is 4. The lowest BCUT2D eigenvalue weighted by Gasteiger charge is -2.60. The van der Waals surface area contributed by atoms with Crippen LogP contribution in [0.25, 0.3) is 0 Å². The van der Waals surface area contributed by atoms with Gasteiger partial charge in [0.2, 0.25) is 23.6 Å². The third-order valence-corrected chi connectivity index (χ3v) is 11.1. The van der Waals surface area contributed by atoms with E-state index in [2.05, 4.69) is 21.3 Å². The number of rotatable bonds is 16. The highest BCUT2D eigenvalue weighted by Gasteiger charge is 2.60. The lowest BCUT2D eigenvalue weighted by atomic mass is 9.48. The van der Waals surface area contributed by atoms with Gasteiger partial charge < -0.3 is 36.8 Å². The van der Waals surface area contributed by atoms with E-state index >= 15 is 0 Å². The lowest BCUT2D eigenvalue weighted by molar-refractivity contribution is -0.166. The first-order valence-electron chi connectivity index (χ1n) is 17.3. The molecule has 0 radical (unpaired) electrons. The molecule has 2 aromatic rings. The van der Waals surface area contributed by atoms with Crippen molar-refractivity contribution in [3.8, 4) is 5.75 Å². The highest BCUT2D eigenvalue weighted by Crippen LogP contribution is 2.58. The number of benzene rings is 2. The highest BCUT2D eigenvalue weighted by atomic mass is 32.2. The summed E-state index contributed by atoms with van der Waals surface area (Å²) < 4.78 is 5.23. The normalized spacial score (nSPS) is 25.1. The maximum Gasteiger partial charge on any atom is 0.311 e. The second kappa shape index (κ2) is 16.7. The first kappa shape index (κ1) is 37.2. The van der Waals surface area contributed by atoms with Crippen LogP contribution in [0.3, 0.4) is 0 Å². The minimum atomic E-state index is -0.960. The molecular formula is C37H49N5O7S. The molecule has 50 heavy (non-hydrogen) atoms. The van der Waals surface area contributed by atoms with E-state index in [4.69, 9.17) is 10.5 Å². The van der Waals surface area contributed by atoms with E-state index in [0.717, 1.165) is 30.4 Å². The maximum absolute atomic E-state index is 14.1. The van der Waals surface area contributed by atoms with E-state index < -0.39 is 53.8 Å². The highest BCUT2D eigenvalue weighted by molar-refractivity contribution is 7.98. The second-order valence-corrected chi connectivity index (χ2v) is 15.1. The minimum Gasteiger partial charge on any atom is -0.508 e. The van der Waals surface area contributed by atoms with Crippen LogP contribution in [-0.4, -0.2) is 84.0 Å². The summed E-state index contributed by atoms with van der Waals surface area (Å²) in [7, 11) is 1.39. The van der Waals surface area contributed by atoms with Gasteiger partial charge in [-0.25, -0.2) is 0 Å². The number of ether oxygens (including phenoxy) is 1. The van der Waals surface area contributed by atoms with E-state index in [-0.39, 0.29) is 36.4 Å². The summed E-state index contributed by atoms with van der Waals surface area (Å²) in [6.45, 7) is -0.412. The van der Waals surface area contributed by atoms with Crippen LogP contribution < -0.4 is 27.0 Å². The molecule has 0 aromatic heterocycles. The van der Waals surface area contributed by atoms with Gasteiger partial charge in [-0.2, -0.15) is 11.8 Å². The van der Waals surface area contributed by atoms with Gasteiger partial charge in [-0.05, 0) is 98.0 Å². The van der Waals surface area contributed by atoms with Crippen molar-refractivity contribution in [1.82, 2.24) is 21.3 Å². The Hall–Kier alpha value is -4.10. The molecule has 0 saturated heterocycles. The SMILES string of the molecule is COC(=O)C1C2CC3CC(C2)CC1(NC(=O)[C@H](Cc1ccccc1)NC(=O)CNC(=O)[C@@H](CCSC)NC(=O)[C@@H](N)Cc1ccc(O)cc1)C3. The number of amides is 4. The zero-order valence-corrected chi connectivity index (χ0v) is 29.5. The zero-order valence-electron chi connectivity index (χ0n) is 28.7. The predicted octanol–water partition coefficient (Wildman–Crippen LogP) is 1.83. The van der Waals surface area contributed by atoms with Crippen molar-refractivity contribution in [2.75, 3.05) is 25.7 Å². The summed E-state index contributed by atoms with van der Waals surface area (Å²) >= 11 is 1.51. The topological polar surface area (TPSA) is 189 Å². The number of hydrogen-bond acceptors (Lipinski definition) is 9. The van der Waals surface area contributed by atoms with E-state index in [9.17, 15) is 29.1 Å². The van der Waals surface area contributed by atoms with E-state index in [1.165, 1.54) is 31.0 Å². The Morgan fingerprint density at radius 1 is 0.880 bits per heavy atom. The first-order valence-corrected chi connectivity index (χ1v) is 18.7. The monoisotopic (exact) mass is 707 g/mol. The molecule has 4 aliphatic carbocycles. The van der Waals surface area contributed by atoms with Crippen LogP contribution in [-0.2, 0) is 41.6 Å². The Labute approximate surface area is 297 Å². The molecule has 2 aromatic carbocycles. The molecule has 12 nitrogen and oxygen atoms in total. The molecule has 3 unspecified atom stereocenters. The fraction of sp³-hybridized carbons (Fsp3) is 0.541. The van der Waals surface area contributed by atoms with Crippen LogP contribution >= 0.6 is 11.8 Å². The number of thioether (sulfide) groups is 1. The minimum absolute atomic E-state index is 0.103. The maximum atomic E-state index is 14.1. The van der Waals surface area contributed by atoms with Crippen LogP contribution in [0, 0.1) is 23.7 Å². The summed E-state index contributed by atoms with van der Waals surface area (Å²) in [5.74, 6) is -1.02. The number of nitrogens with two attached hydrogens (primary N) is 1. The molecular weight excluding hydrogens is 659 g/mol. The van der Waals surface area contributed by atoms with Crippen molar-refractivity contribution < 1.29 is 33.8 Å². The molecule has 4 fully saturated rings. The summed E-state index contributed by atoms with van der Waals surface area (Å²) in [6, 6.07) is 12.9.